The molecular weight excluding hydrogens is 315 g/mol. The van der Waals surface area contributed by atoms with Crippen molar-refractivity contribution in [2.75, 3.05) is 14.2 Å². The highest BCUT2D eigenvalue weighted by molar-refractivity contribution is 5.27. The highest BCUT2D eigenvalue weighted by Gasteiger charge is 2.30. The fourth-order valence-corrected chi connectivity index (χ4v) is 4.78. The molecule has 0 aromatic heterocycles. The summed E-state index contributed by atoms with van der Waals surface area (Å²) in [6, 6.07) is 5.73. The maximum Gasteiger partial charge on any atom is 0.129 e. The van der Waals surface area contributed by atoms with Crippen LogP contribution in [0, 0.1) is 17.7 Å². The number of hydrogen-bond donors (Lipinski definition) is 0. The van der Waals surface area contributed by atoms with Gasteiger partial charge in [0, 0.05) is 12.7 Å². The second-order valence-corrected chi connectivity index (χ2v) is 7.74. The van der Waals surface area contributed by atoms with E-state index in [2.05, 4.69) is 6.07 Å². The van der Waals surface area contributed by atoms with Crippen molar-refractivity contribution in [3.8, 4) is 0 Å². The fourth-order valence-electron chi connectivity index (χ4n) is 4.78. The second kappa shape index (κ2) is 8.84. The lowest BCUT2D eigenvalue weighted by Gasteiger charge is -2.36. The molecule has 2 saturated carbocycles. The number of halogens is 1. The molecule has 0 heterocycles. The summed E-state index contributed by atoms with van der Waals surface area (Å²) in [4.78, 5) is 0. The summed E-state index contributed by atoms with van der Waals surface area (Å²) in [5.41, 5.74) is 3.30. The van der Waals surface area contributed by atoms with Crippen molar-refractivity contribution < 1.29 is 13.9 Å². The SMILES string of the molecule is COC=C1CCC([C@H]2CC[C@H](c3ccc(COC)c(F)c3)CC2)CC1. The highest BCUT2D eigenvalue weighted by atomic mass is 19.1. The van der Waals surface area contributed by atoms with E-state index in [-0.39, 0.29) is 5.82 Å². The van der Waals surface area contributed by atoms with Gasteiger partial charge in [0.2, 0.25) is 0 Å². The third kappa shape index (κ3) is 4.63. The van der Waals surface area contributed by atoms with E-state index in [9.17, 15) is 4.39 Å². The number of allylic oxidation sites excluding steroid dienone is 1. The van der Waals surface area contributed by atoms with Crippen LogP contribution in [-0.2, 0) is 16.1 Å². The lowest BCUT2D eigenvalue weighted by molar-refractivity contribution is 0.181. The van der Waals surface area contributed by atoms with Gasteiger partial charge < -0.3 is 9.47 Å². The second-order valence-electron chi connectivity index (χ2n) is 7.74. The van der Waals surface area contributed by atoms with Gasteiger partial charge >= 0.3 is 0 Å². The summed E-state index contributed by atoms with van der Waals surface area (Å²) in [7, 11) is 3.35. The Morgan fingerprint density at radius 2 is 1.68 bits per heavy atom. The van der Waals surface area contributed by atoms with Gasteiger partial charge in [0.05, 0.1) is 20.0 Å². The van der Waals surface area contributed by atoms with Gasteiger partial charge in [-0.25, -0.2) is 4.39 Å². The monoisotopic (exact) mass is 346 g/mol. The van der Waals surface area contributed by atoms with Crippen LogP contribution in [0.3, 0.4) is 0 Å². The van der Waals surface area contributed by atoms with E-state index in [0.717, 1.165) is 11.8 Å². The van der Waals surface area contributed by atoms with E-state index in [1.54, 1.807) is 20.3 Å². The van der Waals surface area contributed by atoms with E-state index < -0.39 is 0 Å². The number of benzene rings is 1. The molecule has 2 aliphatic carbocycles. The lowest BCUT2D eigenvalue weighted by Crippen LogP contribution is -2.23. The van der Waals surface area contributed by atoms with Crippen LogP contribution in [0.1, 0.15) is 68.4 Å². The molecule has 0 aliphatic heterocycles. The minimum Gasteiger partial charge on any atom is -0.504 e. The Kier molecular flexibility index (Phi) is 6.52. The van der Waals surface area contributed by atoms with E-state index in [0.29, 0.717) is 18.1 Å². The summed E-state index contributed by atoms with van der Waals surface area (Å²) in [5.74, 6) is 2.13. The third-order valence-corrected chi connectivity index (χ3v) is 6.24. The summed E-state index contributed by atoms with van der Waals surface area (Å²) in [6.45, 7) is 0.347. The molecule has 3 heteroatoms. The maximum absolute atomic E-state index is 14.2. The van der Waals surface area contributed by atoms with Crippen LogP contribution in [-0.4, -0.2) is 14.2 Å². The first-order valence-electron chi connectivity index (χ1n) is 9.69. The summed E-state index contributed by atoms with van der Waals surface area (Å²) in [5, 5.41) is 0. The molecule has 138 valence electrons. The normalized spacial score (nSPS) is 27.2. The van der Waals surface area contributed by atoms with Crippen molar-refractivity contribution in [1.29, 1.82) is 0 Å². The smallest absolute Gasteiger partial charge is 0.129 e. The van der Waals surface area contributed by atoms with Crippen molar-refractivity contribution in [1.82, 2.24) is 0 Å². The maximum atomic E-state index is 14.2. The molecule has 0 radical (unpaired) electrons. The van der Waals surface area contributed by atoms with Crippen LogP contribution in [0.5, 0.6) is 0 Å². The molecular formula is C22H31FO2. The van der Waals surface area contributed by atoms with Crippen LogP contribution in [0.15, 0.2) is 30.0 Å². The van der Waals surface area contributed by atoms with Crippen LogP contribution in [0.2, 0.25) is 0 Å². The Hall–Kier alpha value is -1.35. The van der Waals surface area contributed by atoms with Gasteiger partial charge in [-0.2, -0.15) is 0 Å². The Balaban J connectivity index is 1.52. The molecule has 0 unspecified atom stereocenters. The van der Waals surface area contributed by atoms with Gasteiger partial charge in [-0.1, -0.05) is 12.1 Å². The number of methoxy groups -OCH3 is 2. The largest absolute Gasteiger partial charge is 0.504 e. The number of rotatable bonds is 5. The van der Waals surface area contributed by atoms with Gasteiger partial charge in [0.25, 0.3) is 0 Å². The average Bonchev–Trinajstić information content (AvgIpc) is 2.65. The molecule has 3 rings (SSSR count). The third-order valence-electron chi connectivity index (χ3n) is 6.24. The Morgan fingerprint density at radius 1 is 1.00 bits per heavy atom. The quantitative estimate of drug-likeness (QED) is 0.612. The molecule has 2 fully saturated rings. The van der Waals surface area contributed by atoms with Crippen LogP contribution < -0.4 is 0 Å². The molecule has 1 aromatic carbocycles. The zero-order valence-electron chi connectivity index (χ0n) is 15.6. The van der Waals surface area contributed by atoms with Crippen molar-refractivity contribution >= 4 is 0 Å². The average molecular weight is 346 g/mol. The van der Waals surface area contributed by atoms with E-state index in [1.807, 2.05) is 12.3 Å². The molecule has 0 bridgehead atoms. The Labute approximate surface area is 151 Å². The molecule has 0 spiro atoms. The lowest BCUT2D eigenvalue weighted by atomic mass is 9.69. The number of ether oxygens (including phenoxy) is 2. The Morgan fingerprint density at radius 3 is 2.28 bits per heavy atom. The molecule has 1 aromatic rings. The first-order chi connectivity index (χ1) is 12.2. The standard InChI is InChI=1S/C22H31FO2/c1-24-14-16-3-5-17(6-4-16)18-7-9-19(10-8-18)20-11-12-21(15-25-2)22(23)13-20/h11-14,17-19H,3-10,15H2,1-2H3/t17?,18-,19-. The van der Waals surface area contributed by atoms with E-state index in [1.165, 1.54) is 62.5 Å². The molecule has 2 aliphatic rings. The van der Waals surface area contributed by atoms with E-state index >= 15 is 0 Å². The summed E-state index contributed by atoms with van der Waals surface area (Å²) in [6.07, 6.45) is 11.9. The molecule has 25 heavy (non-hydrogen) atoms. The van der Waals surface area contributed by atoms with Gasteiger partial charge in [-0.3, -0.25) is 0 Å². The van der Waals surface area contributed by atoms with Gasteiger partial charge in [-0.05, 0) is 86.3 Å². The molecule has 0 atom stereocenters. The predicted molar refractivity (Wildman–Crippen MR) is 98.9 cm³/mol. The minimum absolute atomic E-state index is 0.119. The summed E-state index contributed by atoms with van der Waals surface area (Å²) < 4.78 is 24.4. The van der Waals surface area contributed by atoms with Gasteiger partial charge in [0.15, 0.2) is 0 Å². The zero-order valence-corrected chi connectivity index (χ0v) is 15.6. The van der Waals surface area contributed by atoms with Crippen molar-refractivity contribution in [3.05, 3.63) is 47.0 Å². The predicted octanol–water partition coefficient (Wildman–Crippen LogP) is 5.97. The van der Waals surface area contributed by atoms with Crippen LogP contribution >= 0.6 is 0 Å². The highest BCUT2D eigenvalue weighted by Crippen LogP contribution is 2.43. The zero-order chi connectivity index (χ0) is 17.6. The molecule has 2 nitrogen and oxygen atoms in total. The van der Waals surface area contributed by atoms with Crippen LogP contribution in [0.25, 0.3) is 0 Å². The van der Waals surface area contributed by atoms with Crippen molar-refractivity contribution in [3.63, 3.8) is 0 Å². The molecule has 0 N–H and O–H groups in total. The first kappa shape index (κ1) is 18.4. The minimum atomic E-state index is -0.119. The van der Waals surface area contributed by atoms with Crippen LogP contribution in [0.4, 0.5) is 4.39 Å². The molecule has 0 amide bonds. The number of hydrogen-bond acceptors (Lipinski definition) is 2. The summed E-state index contributed by atoms with van der Waals surface area (Å²) >= 11 is 0. The molecule has 0 saturated heterocycles. The van der Waals surface area contributed by atoms with Crippen molar-refractivity contribution in [2.24, 2.45) is 11.8 Å². The van der Waals surface area contributed by atoms with E-state index in [4.69, 9.17) is 9.47 Å². The fraction of sp³-hybridized carbons (Fsp3) is 0.636. The van der Waals surface area contributed by atoms with Gasteiger partial charge in [-0.15, -0.1) is 0 Å². The first-order valence-corrected chi connectivity index (χ1v) is 9.69. The topological polar surface area (TPSA) is 18.5 Å². The Bertz CT molecular complexity index is 578. The van der Waals surface area contributed by atoms with Crippen molar-refractivity contribution in [2.45, 2.75) is 63.9 Å². The van der Waals surface area contributed by atoms with Gasteiger partial charge in [0.1, 0.15) is 5.82 Å².